The molecule has 1 saturated carbocycles. The van der Waals surface area contributed by atoms with Crippen LogP contribution >= 0.6 is 0 Å². The number of unbranched alkanes of at least 4 members (excludes halogenated alkanes) is 2. The Hall–Kier alpha value is -4.22. The fraction of sp³-hybridized carbons (Fsp3) is 0.351. The van der Waals surface area contributed by atoms with Crippen molar-refractivity contribution in [3.05, 3.63) is 107 Å². The van der Waals surface area contributed by atoms with Gasteiger partial charge in [0.1, 0.15) is 34.6 Å². The number of halogens is 10. The van der Waals surface area contributed by atoms with Crippen molar-refractivity contribution in [2.45, 2.75) is 76.7 Å². The number of ether oxygens (including phenoxy) is 2. The van der Waals surface area contributed by atoms with E-state index in [9.17, 15) is 22.0 Å². The largest absolute Gasteiger partial charge is 0.573 e. The van der Waals surface area contributed by atoms with Gasteiger partial charge in [0.15, 0.2) is 11.6 Å². The molecule has 1 fully saturated rings. The zero-order valence-electron chi connectivity index (χ0n) is 26.3. The minimum atomic E-state index is -5.14. The molecule has 5 rings (SSSR count). The standard InChI is InChI=1S/C37H32F10O2/c1-2-3-4-5-21-6-8-22(9-7-21)25-18-32(41)35(33(42)19-25)36(43,44)48-26-12-14-28(30(39)20-26)23-10-13-27(29(38)16-23)24-11-15-34(31(40)17-24)49-37(45,46)47/h10-22H,2-9H2,1H3. The number of hydrogen-bond donors (Lipinski definition) is 0. The Kier molecular flexibility index (Phi) is 10.8. The van der Waals surface area contributed by atoms with Gasteiger partial charge in [0.05, 0.1) is 0 Å². The summed E-state index contributed by atoms with van der Waals surface area (Å²) in [5.41, 5.74) is -2.01. The predicted octanol–water partition coefficient (Wildman–Crippen LogP) is 12.6. The van der Waals surface area contributed by atoms with Crippen LogP contribution in [-0.2, 0) is 6.11 Å². The van der Waals surface area contributed by atoms with Crippen molar-refractivity contribution >= 4 is 0 Å². The van der Waals surface area contributed by atoms with Gasteiger partial charge in [-0.15, -0.1) is 13.2 Å². The monoisotopic (exact) mass is 698 g/mol. The molecule has 0 unspecified atom stereocenters. The van der Waals surface area contributed by atoms with Crippen molar-refractivity contribution in [1.82, 2.24) is 0 Å². The van der Waals surface area contributed by atoms with Crippen LogP contribution in [0.5, 0.6) is 11.5 Å². The van der Waals surface area contributed by atoms with Gasteiger partial charge in [-0.3, -0.25) is 0 Å². The molecule has 49 heavy (non-hydrogen) atoms. The first kappa shape index (κ1) is 36.1. The minimum Gasteiger partial charge on any atom is -0.429 e. The summed E-state index contributed by atoms with van der Waals surface area (Å²) in [6.45, 7) is 2.13. The molecule has 4 aromatic rings. The number of hydrogen-bond acceptors (Lipinski definition) is 2. The number of benzene rings is 4. The van der Waals surface area contributed by atoms with Gasteiger partial charge in [-0.25, -0.2) is 22.0 Å². The van der Waals surface area contributed by atoms with Crippen LogP contribution in [0.4, 0.5) is 43.9 Å². The fourth-order valence-electron chi connectivity index (χ4n) is 6.36. The van der Waals surface area contributed by atoms with Crippen molar-refractivity contribution in [1.29, 1.82) is 0 Å². The molecule has 262 valence electrons. The van der Waals surface area contributed by atoms with Crippen molar-refractivity contribution < 1.29 is 53.4 Å². The van der Waals surface area contributed by atoms with E-state index in [4.69, 9.17) is 0 Å². The van der Waals surface area contributed by atoms with Crippen LogP contribution in [-0.4, -0.2) is 6.36 Å². The van der Waals surface area contributed by atoms with Crippen molar-refractivity contribution in [3.8, 4) is 33.8 Å². The Bertz CT molecular complexity index is 1750. The van der Waals surface area contributed by atoms with Gasteiger partial charge in [-0.1, -0.05) is 50.8 Å². The lowest BCUT2D eigenvalue weighted by molar-refractivity contribution is -0.275. The molecule has 0 radical (unpaired) electrons. The Morgan fingerprint density at radius 1 is 0.612 bits per heavy atom. The van der Waals surface area contributed by atoms with Crippen LogP contribution in [0.3, 0.4) is 0 Å². The smallest absolute Gasteiger partial charge is 0.429 e. The Labute approximate surface area is 276 Å². The second-order valence-corrected chi connectivity index (χ2v) is 12.2. The molecule has 4 aromatic carbocycles. The second kappa shape index (κ2) is 14.7. The highest BCUT2D eigenvalue weighted by molar-refractivity contribution is 5.72. The summed E-state index contributed by atoms with van der Waals surface area (Å²) in [5.74, 6) is -8.00. The maximum atomic E-state index is 15.1. The quantitative estimate of drug-likeness (QED) is 0.115. The molecule has 0 aliphatic heterocycles. The van der Waals surface area contributed by atoms with E-state index in [0.29, 0.717) is 42.5 Å². The minimum absolute atomic E-state index is 0.0720. The van der Waals surface area contributed by atoms with Gasteiger partial charge < -0.3 is 9.47 Å². The predicted molar refractivity (Wildman–Crippen MR) is 164 cm³/mol. The summed E-state index contributed by atoms with van der Waals surface area (Å²) < 4.78 is 150. The summed E-state index contributed by atoms with van der Waals surface area (Å²) in [4.78, 5) is 0. The lowest BCUT2D eigenvalue weighted by atomic mass is 9.77. The molecule has 0 N–H and O–H groups in total. The molecule has 1 aliphatic rings. The van der Waals surface area contributed by atoms with Crippen LogP contribution < -0.4 is 9.47 Å². The molecule has 0 bridgehead atoms. The third-order valence-electron chi connectivity index (χ3n) is 8.82. The molecule has 2 nitrogen and oxygen atoms in total. The molecular formula is C37H32F10O2. The number of rotatable bonds is 11. The lowest BCUT2D eigenvalue weighted by Crippen LogP contribution is -2.26. The normalized spacial score (nSPS) is 16.9. The summed E-state index contributed by atoms with van der Waals surface area (Å²) >= 11 is 0. The highest BCUT2D eigenvalue weighted by Gasteiger charge is 2.42. The van der Waals surface area contributed by atoms with Gasteiger partial charge in [0.2, 0.25) is 0 Å². The zero-order valence-corrected chi connectivity index (χ0v) is 26.3. The lowest BCUT2D eigenvalue weighted by Gasteiger charge is -2.29. The van der Waals surface area contributed by atoms with Gasteiger partial charge in [0.25, 0.3) is 0 Å². The first-order valence-corrected chi connectivity index (χ1v) is 15.9. The zero-order chi connectivity index (χ0) is 35.5. The molecule has 0 amide bonds. The third-order valence-corrected chi connectivity index (χ3v) is 8.82. The van der Waals surface area contributed by atoms with Crippen LogP contribution in [0.25, 0.3) is 22.3 Å². The maximum Gasteiger partial charge on any atom is 0.573 e. The average Bonchev–Trinajstić information content (AvgIpc) is 3.01. The SMILES string of the molecule is CCCCCC1CCC(c2cc(F)c(C(F)(F)Oc3ccc(-c4ccc(-c5ccc(OC(F)(F)F)c(F)c5)c(F)c4)c(F)c3)c(F)c2)CC1. The summed E-state index contributed by atoms with van der Waals surface area (Å²) in [7, 11) is 0. The fourth-order valence-corrected chi connectivity index (χ4v) is 6.36. The molecule has 12 heteroatoms. The molecule has 1 aliphatic carbocycles. The summed E-state index contributed by atoms with van der Waals surface area (Å²) in [5, 5.41) is 0. The van der Waals surface area contributed by atoms with Gasteiger partial charge in [-0.05, 0) is 96.7 Å². The molecule has 0 atom stereocenters. The first-order valence-electron chi connectivity index (χ1n) is 15.9. The van der Waals surface area contributed by atoms with E-state index in [-0.39, 0.29) is 28.2 Å². The molecule has 0 spiro atoms. The van der Waals surface area contributed by atoms with Gasteiger partial charge in [0, 0.05) is 17.2 Å². The summed E-state index contributed by atoms with van der Waals surface area (Å²) in [6.07, 6.45) is -1.95. The van der Waals surface area contributed by atoms with Crippen LogP contribution in [0.1, 0.15) is 75.3 Å². The average molecular weight is 699 g/mol. The molecule has 0 aromatic heterocycles. The van der Waals surface area contributed by atoms with E-state index in [2.05, 4.69) is 16.4 Å². The highest BCUT2D eigenvalue weighted by Crippen LogP contribution is 2.42. The van der Waals surface area contributed by atoms with E-state index in [1.807, 2.05) is 0 Å². The second-order valence-electron chi connectivity index (χ2n) is 12.2. The molecular weight excluding hydrogens is 666 g/mol. The Morgan fingerprint density at radius 2 is 1.18 bits per heavy atom. The third kappa shape index (κ3) is 8.69. The van der Waals surface area contributed by atoms with Crippen LogP contribution in [0.15, 0.2) is 66.7 Å². The first-order chi connectivity index (χ1) is 23.1. The Balaban J connectivity index is 1.28. The van der Waals surface area contributed by atoms with E-state index < -0.39 is 58.6 Å². The Morgan fingerprint density at radius 3 is 1.73 bits per heavy atom. The summed E-state index contributed by atoms with van der Waals surface area (Å²) in [6, 6.07) is 9.75. The van der Waals surface area contributed by atoms with E-state index in [1.165, 1.54) is 6.07 Å². The maximum absolute atomic E-state index is 15.1. The van der Waals surface area contributed by atoms with E-state index in [1.54, 1.807) is 0 Å². The topological polar surface area (TPSA) is 18.5 Å². The number of alkyl halides is 5. The highest BCUT2D eigenvalue weighted by atomic mass is 19.4. The van der Waals surface area contributed by atoms with Crippen molar-refractivity contribution in [3.63, 3.8) is 0 Å². The molecule has 0 saturated heterocycles. The van der Waals surface area contributed by atoms with Gasteiger partial charge >= 0.3 is 12.5 Å². The van der Waals surface area contributed by atoms with E-state index in [0.717, 1.165) is 81.0 Å². The molecule has 0 heterocycles. The van der Waals surface area contributed by atoms with Crippen molar-refractivity contribution in [2.24, 2.45) is 5.92 Å². The van der Waals surface area contributed by atoms with Crippen LogP contribution in [0, 0.1) is 35.0 Å². The van der Waals surface area contributed by atoms with Gasteiger partial charge in [-0.2, -0.15) is 8.78 Å². The van der Waals surface area contributed by atoms with E-state index >= 15 is 22.0 Å². The van der Waals surface area contributed by atoms with Crippen LogP contribution in [0.2, 0.25) is 0 Å². The van der Waals surface area contributed by atoms with Crippen molar-refractivity contribution in [2.75, 3.05) is 0 Å².